The van der Waals surface area contributed by atoms with E-state index in [2.05, 4.69) is 33.9 Å². The molecule has 0 bridgehead atoms. The highest BCUT2D eigenvalue weighted by molar-refractivity contribution is 6.74. The number of aliphatic hydroxyl groups excluding tert-OH is 1. The van der Waals surface area contributed by atoms with Gasteiger partial charge in [-0.1, -0.05) is 20.8 Å². The summed E-state index contributed by atoms with van der Waals surface area (Å²) in [7, 11) is -1.80. The molecule has 0 spiro atoms. The molecule has 110 valence electrons. The lowest BCUT2D eigenvalue weighted by molar-refractivity contribution is -0.141. The van der Waals surface area contributed by atoms with Crippen LogP contribution in [0.5, 0.6) is 0 Å². The molecule has 2 rings (SSSR count). The van der Waals surface area contributed by atoms with Crippen LogP contribution in [0.3, 0.4) is 0 Å². The lowest BCUT2D eigenvalue weighted by Crippen LogP contribution is -2.43. The second kappa shape index (κ2) is 4.86. The van der Waals surface area contributed by atoms with E-state index >= 15 is 0 Å². The van der Waals surface area contributed by atoms with Crippen molar-refractivity contribution in [2.24, 2.45) is 11.8 Å². The van der Waals surface area contributed by atoms with Gasteiger partial charge in [-0.3, -0.25) is 4.79 Å². The highest BCUT2D eigenvalue weighted by Gasteiger charge is 2.50. The molecule has 1 saturated carbocycles. The van der Waals surface area contributed by atoms with E-state index in [1.165, 1.54) is 0 Å². The zero-order valence-electron chi connectivity index (χ0n) is 12.6. The summed E-state index contributed by atoms with van der Waals surface area (Å²) in [6.07, 6.45) is 0.526. The summed E-state index contributed by atoms with van der Waals surface area (Å²) in [5.74, 6) is 0.0667. The molecule has 0 aromatic heterocycles. The van der Waals surface area contributed by atoms with Crippen molar-refractivity contribution in [1.29, 1.82) is 0 Å². The Morgan fingerprint density at radius 1 is 1.42 bits per heavy atom. The van der Waals surface area contributed by atoms with E-state index in [0.717, 1.165) is 0 Å². The van der Waals surface area contributed by atoms with Crippen molar-refractivity contribution in [3.8, 4) is 0 Å². The number of carbonyl (C=O) groups is 1. The molecule has 1 aliphatic carbocycles. The molecular weight excluding hydrogens is 260 g/mol. The summed E-state index contributed by atoms with van der Waals surface area (Å²) in [5, 5.41) is 10.3. The van der Waals surface area contributed by atoms with Gasteiger partial charge in [0.1, 0.15) is 6.10 Å². The van der Waals surface area contributed by atoms with E-state index < -0.39 is 14.4 Å². The van der Waals surface area contributed by atoms with Gasteiger partial charge in [-0.2, -0.15) is 0 Å². The molecule has 1 aliphatic heterocycles. The third kappa shape index (κ3) is 2.88. The van der Waals surface area contributed by atoms with E-state index in [0.29, 0.717) is 19.4 Å². The molecule has 4 nitrogen and oxygen atoms in total. The molecule has 4 unspecified atom stereocenters. The highest BCUT2D eigenvalue weighted by Crippen LogP contribution is 2.43. The lowest BCUT2D eigenvalue weighted by atomic mass is 9.93. The van der Waals surface area contributed by atoms with Gasteiger partial charge in [-0.15, -0.1) is 0 Å². The maximum atomic E-state index is 11.3. The minimum Gasteiger partial charge on any atom is -0.462 e. The molecule has 1 saturated heterocycles. The van der Waals surface area contributed by atoms with Gasteiger partial charge in [-0.25, -0.2) is 0 Å². The van der Waals surface area contributed by atoms with Crippen LogP contribution < -0.4 is 0 Å². The SMILES string of the molecule is CC(C)(C)[Si](C)(C)OCC1C(O)CC2OC(=O)CC21. The largest absolute Gasteiger partial charge is 0.462 e. The fourth-order valence-electron chi connectivity index (χ4n) is 2.73. The first kappa shape index (κ1) is 15.0. The molecule has 0 aromatic carbocycles. The molecule has 2 fully saturated rings. The maximum Gasteiger partial charge on any atom is 0.306 e. The zero-order chi connectivity index (χ0) is 14.4. The second-order valence-corrected chi connectivity index (χ2v) is 12.2. The minimum atomic E-state index is -1.80. The number of rotatable bonds is 3. The molecule has 4 atom stereocenters. The first-order chi connectivity index (χ1) is 8.62. The fourth-order valence-corrected chi connectivity index (χ4v) is 3.77. The van der Waals surface area contributed by atoms with Crippen molar-refractivity contribution >= 4 is 14.3 Å². The number of carbonyl (C=O) groups excluding carboxylic acids is 1. The first-order valence-electron chi connectivity index (χ1n) is 7.13. The Morgan fingerprint density at radius 3 is 2.63 bits per heavy atom. The number of esters is 1. The van der Waals surface area contributed by atoms with Crippen LogP contribution in [-0.2, 0) is 14.0 Å². The molecule has 1 heterocycles. The van der Waals surface area contributed by atoms with Crippen LogP contribution in [-0.4, -0.2) is 38.2 Å². The predicted molar refractivity (Wildman–Crippen MR) is 75.2 cm³/mol. The summed E-state index contributed by atoms with van der Waals surface area (Å²) in [5.41, 5.74) is 0. The second-order valence-electron chi connectivity index (χ2n) is 7.43. The van der Waals surface area contributed by atoms with Crippen LogP contribution in [0.25, 0.3) is 0 Å². The summed E-state index contributed by atoms with van der Waals surface area (Å²) in [4.78, 5) is 11.3. The van der Waals surface area contributed by atoms with Crippen molar-refractivity contribution in [2.45, 2.75) is 64.0 Å². The molecule has 0 aromatic rings. The maximum absolute atomic E-state index is 11.3. The topological polar surface area (TPSA) is 55.8 Å². The lowest BCUT2D eigenvalue weighted by Gasteiger charge is -2.37. The first-order valence-corrected chi connectivity index (χ1v) is 10.0. The van der Waals surface area contributed by atoms with Crippen LogP contribution in [0.4, 0.5) is 0 Å². The van der Waals surface area contributed by atoms with Gasteiger partial charge in [0.25, 0.3) is 0 Å². The Balaban J connectivity index is 1.97. The number of fused-ring (bicyclic) bond motifs is 1. The van der Waals surface area contributed by atoms with Crippen LogP contribution in [0.15, 0.2) is 0 Å². The zero-order valence-corrected chi connectivity index (χ0v) is 13.6. The van der Waals surface area contributed by atoms with Crippen molar-refractivity contribution in [2.75, 3.05) is 6.61 Å². The van der Waals surface area contributed by atoms with Gasteiger partial charge in [0.15, 0.2) is 8.32 Å². The average Bonchev–Trinajstić information content (AvgIpc) is 2.69. The van der Waals surface area contributed by atoms with Crippen molar-refractivity contribution in [1.82, 2.24) is 0 Å². The third-order valence-corrected chi connectivity index (χ3v) is 9.62. The van der Waals surface area contributed by atoms with Gasteiger partial charge < -0.3 is 14.3 Å². The molecule has 19 heavy (non-hydrogen) atoms. The standard InChI is InChI=1S/C14H26O4Si/c1-14(2,3)19(4,5)17-8-10-9-6-13(16)18-12(9)7-11(10)15/h9-12,15H,6-8H2,1-5H3. The van der Waals surface area contributed by atoms with Crippen LogP contribution in [0, 0.1) is 11.8 Å². The smallest absolute Gasteiger partial charge is 0.306 e. The molecule has 0 amide bonds. The van der Waals surface area contributed by atoms with E-state index in [-0.39, 0.29) is 28.9 Å². The van der Waals surface area contributed by atoms with Crippen LogP contribution >= 0.6 is 0 Å². The third-order valence-electron chi connectivity index (χ3n) is 5.12. The Bertz CT molecular complexity index is 361. The Kier molecular flexibility index (Phi) is 3.84. The number of aliphatic hydroxyl groups is 1. The Morgan fingerprint density at radius 2 is 2.05 bits per heavy atom. The highest BCUT2D eigenvalue weighted by atomic mass is 28.4. The van der Waals surface area contributed by atoms with Crippen LogP contribution in [0.1, 0.15) is 33.6 Å². The van der Waals surface area contributed by atoms with Gasteiger partial charge in [0.2, 0.25) is 0 Å². The summed E-state index contributed by atoms with van der Waals surface area (Å²) in [6, 6.07) is 0. The van der Waals surface area contributed by atoms with Gasteiger partial charge in [0.05, 0.1) is 12.5 Å². The van der Waals surface area contributed by atoms with Crippen molar-refractivity contribution in [3.63, 3.8) is 0 Å². The quantitative estimate of drug-likeness (QED) is 0.639. The predicted octanol–water partition coefficient (Wildman–Crippen LogP) is 2.32. The molecule has 2 aliphatic rings. The van der Waals surface area contributed by atoms with Gasteiger partial charge in [0, 0.05) is 24.9 Å². The van der Waals surface area contributed by atoms with E-state index in [1.807, 2.05) is 0 Å². The molecule has 5 heteroatoms. The summed E-state index contributed by atoms with van der Waals surface area (Å²) >= 11 is 0. The minimum absolute atomic E-state index is 0.0468. The van der Waals surface area contributed by atoms with Crippen LogP contribution in [0.2, 0.25) is 18.1 Å². The Labute approximate surface area is 116 Å². The van der Waals surface area contributed by atoms with Gasteiger partial charge >= 0.3 is 5.97 Å². The van der Waals surface area contributed by atoms with E-state index in [4.69, 9.17) is 9.16 Å². The van der Waals surface area contributed by atoms with Gasteiger partial charge in [-0.05, 0) is 18.1 Å². The molecular formula is C14H26O4Si. The molecule has 0 radical (unpaired) electrons. The normalized spacial score (nSPS) is 35.4. The molecule has 1 N–H and O–H groups in total. The summed E-state index contributed by atoms with van der Waals surface area (Å²) < 4.78 is 11.4. The number of hydrogen-bond donors (Lipinski definition) is 1. The summed E-state index contributed by atoms with van der Waals surface area (Å²) in [6.45, 7) is 11.6. The number of ether oxygens (including phenoxy) is 1. The van der Waals surface area contributed by atoms with E-state index in [9.17, 15) is 9.90 Å². The van der Waals surface area contributed by atoms with Crippen molar-refractivity contribution < 1.29 is 19.1 Å². The Hall–Kier alpha value is -0.393. The average molecular weight is 286 g/mol. The van der Waals surface area contributed by atoms with Crippen molar-refractivity contribution in [3.05, 3.63) is 0 Å². The fraction of sp³-hybridized carbons (Fsp3) is 0.929. The monoisotopic (exact) mass is 286 g/mol. The number of hydrogen-bond acceptors (Lipinski definition) is 4. The van der Waals surface area contributed by atoms with E-state index in [1.54, 1.807) is 0 Å².